The Balaban J connectivity index is 1.79. The molecule has 2 heterocycles. The van der Waals surface area contributed by atoms with Crippen molar-refractivity contribution in [3.63, 3.8) is 0 Å². The first-order valence-corrected chi connectivity index (χ1v) is 7.82. The second kappa shape index (κ2) is 6.40. The molecule has 0 aliphatic rings. The molecule has 0 saturated heterocycles. The molecule has 0 aliphatic carbocycles. The smallest absolute Gasteiger partial charge is 0.256 e. The Hall–Kier alpha value is -3.54. The summed E-state index contributed by atoms with van der Waals surface area (Å²) in [5.74, 6) is -1.51. The number of fused-ring (bicyclic) bond motifs is 1. The van der Waals surface area contributed by atoms with Gasteiger partial charge in [-0.05, 0) is 23.8 Å². The number of aromatic amines is 1. The lowest BCUT2D eigenvalue weighted by molar-refractivity contribution is 0.425. The highest BCUT2D eigenvalue weighted by molar-refractivity contribution is 5.93. The summed E-state index contributed by atoms with van der Waals surface area (Å²) >= 11 is 0. The van der Waals surface area contributed by atoms with Crippen molar-refractivity contribution in [1.29, 1.82) is 0 Å². The van der Waals surface area contributed by atoms with E-state index in [-0.39, 0.29) is 17.2 Å². The third-order valence-electron chi connectivity index (χ3n) is 3.91. The van der Waals surface area contributed by atoms with Gasteiger partial charge in [-0.15, -0.1) is 0 Å². The number of rotatable bonds is 3. The van der Waals surface area contributed by atoms with E-state index < -0.39 is 11.6 Å². The molecule has 26 heavy (non-hydrogen) atoms. The van der Waals surface area contributed by atoms with E-state index in [1.807, 2.05) is 30.3 Å². The molecule has 4 aromatic rings. The average molecular weight is 350 g/mol. The van der Waals surface area contributed by atoms with E-state index in [0.717, 1.165) is 17.7 Å². The van der Waals surface area contributed by atoms with Crippen molar-refractivity contribution in [2.75, 3.05) is 0 Å². The quantitative estimate of drug-likeness (QED) is 0.585. The summed E-state index contributed by atoms with van der Waals surface area (Å²) in [6.45, 7) is 0. The number of benzene rings is 2. The summed E-state index contributed by atoms with van der Waals surface area (Å²) < 4.78 is 32.1. The van der Waals surface area contributed by atoms with Crippen LogP contribution in [0.3, 0.4) is 0 Å². The van der Waals surface area contributed by atoms with E-state index in [2.05, 4.69) is 9.97 Å². The van der Waals surface area contributed by atoms with Gasteiger partial charge in [0.25, 0.3) is 5.56 Å². The molecular formula is C20H12F2N2O2. The fraction of sp³-hybridized carbons (Fsp3) is 0. The molecule has 0 aliphatic heterocycles. The normalized spacial score (nSPS) is 10.8. The summed E-state index contributed by atoms with van der Waals surface area (Å²) in [6, 6.07) is 15.5. The number of nitrogens with zero attached hydrogens (tertiary/aromatic N) is 1. The van der Waals surface area contributed by atoms with Gasteiger partial charge in [0.1, 0.15) is 5.82 Å². The van der Waals surface area contributed by atoms with Crippen molar-refractivity contribution in [2.24, 2.45) is 0 Å². The average Bonchev–Trinajstić information content (AvgIpc) is 2.65. The molecule has 0 radical (unpaired) electrons. The van der Waals surface area contributed by atoms with Crippen molar-refractivity contribution < 1.29 is 13.5 Å². The van der Waals surface area contributed by atoms with E-state index >= 15 is 0 Å². The Morgan fingerprint density at radius 3 is 2.54 bits per heavy atom. The number of ether oxygens (including phenoxy) is 1. The minimum atomic E-state index is -0.821. The van der Waals surface area contributed by atoms with Crippen molar-refractivity contribution in [1.82, 2.24) is 9.97 Å². The lowest BCUT2D eigenvalue weighted by Crippen LogP contribution is -2.09. The van der Waals surface area contributed by atoms with Gasteiger partial charge >= 0.3 is 0 Å². The third-order valence-corrected chi connectivity index (χ3v) is 3.91. The van der Waals surface area contributed by atoms with Crippen LogP contribution in [0.4, 0.5) is 8.78 Å². The van der Waals surface area contributed by atoms with Crippen molar-refractivity contribution >= 4 is 10.9 Å². The lowest BCUT2D eigenvalue weighted by Gasteiger charge is -2.09. The van der Waals surface area contributed by atoms with Gasteiger partial charge in [0.05, 0.1) is 11.1 Å². The summed E-state index contributed by atoms with van der Waals surface area (Å²) in [4.78, 5) is 19.2. The molecule has 0 atom stereocenters. The first-order valence-electron chi connectivity index (χ1n) is 7.82. The molecule has 2 aromatic carbocycles. The van der Waals surface area contributed by atoms with E-state index in [9.17, 15) is 13.6 Å². The highest BCUT2D eigenvalue weighted by atomic mass is 19.1. The van der Waals surface area contributed by atoms with Crippen LogP contribution in [0.5, 0.6) is 11.6 Å². The van der Waals surface area contributed by atoms with E-state index in [1.165, 1.54) is 18.3 Å². The summed E-state index contributed by atoms with van der Waals surface area (Å²) in [5, 5.41) is 0.645. The maximum atomic E-state index is 13.7. The molecule has 0 bridgehead atoms. The Kier molecular flexibility index (Phi) is 3.93. The lowest BCUT2D eigenvalue weighted by atomic mass is 10.0. The highest BCUT2D eigenvalue weighted by Gasteiger charge is 2.12. The number of aromatic nitrogens is 2. The van der Waals surface area contributed by atoms with E-state index in [1.54, 1.807) is 6.07 Å². The number of halogens is 2. The maximum absolute atomic E-state index is 13.7. The molecular weight excluding hydrogens is 338 g/mol. The van der Waals surface area contributed by atoms with Crippen molar-refractivity contribution in [3.8, 4) is 22.8 Å². The van der Waals surface area contributed by atoms with Crippen LogP contribution >= 0.6 is 0 Å². The van der Waals surface area contributed by atoms with Crippen molar-refractivity contribution in [3.05, 3.63) is 88.8 Å². The van der Waals surface area contributed by atoms with Crippen LogP contribution in [0.15, 0.2) is 71.7 Å². The van der Waals surface area contributed by atoms with Gasteiger partial charge in [-0.3, -0.25) is 4.79 Å². The topological polar surface area (TPSA) is 55.0 Å². The third kappa shape index (κ3) is 2.93. The number of H-pyrrole nitrogens is 1. The maximum Gasteiger partial charge on any atom is 0.256 e. The van der Waals surface area contributed by atoms with Gasteiger partial charge in [0, 0.05) is 23.7 Å². The standard InChI is InChI=1S/C20H12F2N2O2/c21-13-6-8-17(15(22)10-13)26-18-9-7-14-16(24-18)11-23-20(25)19(14)12-4-2-1-3-5-12/h1-11H,(H,23,25). The Morgan fingerprint density at radius 1 is 0.962 bits per heavy atom. The van der Waals surface area contributed by atoms with Gasteiger partial charge in [-0.25, -0.2) is 13.8 Å². The first kappa shape index (κ1) is 16.0. The second-order valence-corrected chi connectivity index (χ2v) is 5.62. The van der Waals surface area contributed by atoms with Crippen LogP contribution in [0.2, 0.25) is 0 Å². The molecule has 0 spiro atoms. The van der Waals surface area contributed by atoms with Gasteiger partial charge in [-0.2, -0.15) is 0 Å². The second-order valence-electron chi connectivity index (χ2n) is 5.62. The molecule has 4 nitrogen and oxygen atoms in total. The number of hydrogen-bond acceptors (Lipinski definition) is 3. The molecule has 4 rings (SSSR count). The molecule has 128 valence electrons. The van der Waals surface area contributed by atoms with Crippen LogP contribution in [-0.4, -0.2) is 9.97 Å². The minimum Gasteiger partial charge on any atom is -0.436 e. The zero-order chi connectivity index (χ0) is 18.1. The predicted octanol–water partition coefficient (Wildman–Crippen LogP) is 4.66. The molecule has 0 saturated carbocycles. The fourth-order valence-corrected chi connectivity index (χ4v) is 2.72. The predicted molar refractivity (Wildman–Crippen MR) is 94.2 cm³/mol. The van der Waals surface area contributed by atoms with E-state index in [0.29, 0.717) is 16.5 Å². The Morgan fingerprint density at radius 2 is 1.77 bits per heavy atom. The van der Waals surface area contributed by atoms with Gasteiger partial charge < -0.3 is 9.72 Å². The van der Waals surface area contributed by atoms with Crippen molar-refractivity contribution in [2.45, 2.75) is 0 Å². The minimum absolute atomic E-state index is 0.133. The van der Waals surface area contributed by atoms with E-state index in [4.69, 9.17) is 4.74 Å². The molecule has 0 amide bonds. The first-order chi connectivity index (χ1) is 12.6. The Bertz CT molecular complexity index is 1160. The van der Waals surface area contributed by atoms with Crippen LogP contribution < -0.4 is 10.3 Å². The number of nitrogens with one attached hydrogen (secondary N) is 1. The zero-order valence-electron chi connectivity index (χ0n) is 13.4. The van der Waals surface area contributed by atoms with Crippen LogP contribution in [-0.2, 0) is 0 Å². The molecule has 0 unspecified atom stereocenters. The number of hydrogen-bond donors (Lipinski definition) is 1. The van der Waals surface area contributed by atoms with Gasteiger partial charge in [-0.1, -0.05) is 30.3 Å². The van der Waals surface area contributed by atoms with Crippen LogP contribution in [0.1, 0.15) is 0 Å². The highest BCUT2D eigenvalue weighted by Crippen LogP contribution is 2.28. The zero-order valence-corrected chi connectivity index (χ0v) is 13.4. The monoisotopic (exact) mass is 350 g/mol. The number of pyridine rings is 2. The Labute approximate surface area is 146 Å². The summed E-state index contributed by atoms with van der Waals surface area (Å²) in [5.41, 5.74) is 1.52. The molecule has 6 heteroatoms. The summed E-state index contributed by atoms with van der Waals surface area (Å²) in [6.07, 6.45) is 1.47. The summed E-state index contributed by atoms with van der Waals surface area (Å²) in [7, 11) is 0. The molecule has 2 aromatic heterocycles. The van der Waals surface area contributed by atoms with Crippen LogP contribution in [0.25, 0.3) is 22.0 Å². The SMILES string of the molecule is O=c1[nH]cc2nc(Oc3ccc(F)cc3F)ccc2c1-c1ccccc1. The molecule has 1 N–H and O–H groups in total. The van der Waals surface area contributed by atoms with Gasteiger partial charge in [0.15, 0.2) is 11.6 Å². The molecule has 0 fully saturated rings. The fourth-order valence-electron chi connectivity index (χ4n) is 2.72. The van der Waals surface area contributed by atoms with Crippen LogP contribution in [0, 0.1) is 11.6 Å². The largest absolute Gasteiger partial charge is 0.436 e. The van der Waals surface area contributed by atoms with Gasteiger partial charge in [0.2, 0.25) is 5.88 Å².